The van der Waals surface area contributed by atoms with Gasteiger partial charge in [0.2, 0.25) is 0 Å². The maximum atomic E-state index is 6.31. The molecule has 0 aliphatic carbocycles. The summed E-state index contributed by atoms with van der Waals surface area (Å²) >= 11 is 18.3. The zero-order valence-electron chi connectivity index (χ0n) is 10.9. The average Bonchev–Trinajstić information content (AvgIpc) is 2.80. The molecule has 108 valence electrons. The van der Waals surface area contributed by atoms with E-state index in [1.54, 1.807) is 6.07 Å². The smallest absolute Gasteiger partial charge is 0.196 e. The Morgan fingerprint density at radius 2 is 1.81 bits per heavy atom. The summed E-state index contributed by atoms with van der Waals surface area (Å²) in [7, 11) is 0. The molecule has 0 bridgehead atoms. The van der Waals surface area contributed by atoms with Crippen molar-refractivity contribution < 1.29 is 0 Å². The summed E-state index contributed by atoms with van der Waals surface area (Å²) < 4.78 is 0. The van der Waals surface area contributed by atoms with Crippen LogP contribution in [-0.2, 0) is 0 Å². The molecule has 1 heterocycles. The molecule has 1 unspecified atom stereocenters. The predicted octanol–water partition coefficient (Wildman–Crippen LogP) is 4.52. The molecular weight excluding hydrogens is 329 g/mol. The molecule has 2 aromatic carbocycles. The fraction of sp³-hybridized carbons (Fsp3) is 0.133. The van der Waals surface area contributed by atoms with Crippen LogP contribution < -0.4 is 10.6 Å². The summed E-state index contributed by atoms with van der Waals surface area (Å²) in [6.07, 6.45) is 0. The molecule has 0 spiro atoms. The van der Waals surface area contributed by atoms with Gasteiger partial charge in [0, 0.05) is 20.8 Å². The number of rotatable bonds is 2. The van der Waals surface area contributed by atoms with Gasteiger partial charge in [0.05, 0.1) is 12.6 Å². The Morgan fingerprint density at radius 1 is 1.05 bits per heavy atom. The minimum absolute atomic E-state index is 0.0618. The molecule has 2 N–H and O–H groups in total. The van der Waals surface area contributed by atoms with E-state index >= 15 is 0 Å². The van der Waals surface area contributed by atoms with Crippen LogP contribution in [-0.4, -0.2) is 12.5 Å². The maximum Gasteiger partial charge on any atom is 0.196 e. The fourth-order valence-electron chi connectivity index (χ4n) is 2.44. The molecule has 3 rings (SSSR count). The van der Waals surface area contributed by atoms with Crippen LogP contribution in [0, 0.1) is 0 Å². The third-order valence-electron chi connectivity index (χ3n) is 3.39. The first-order chi connectivity index (χ1) is 10.1. The van der Waals surface area contributed by atoms with Gasteiger partial charge in [-0.15, -0.1) is 0 Å². The highest BCUT2D eigenvalue weighted by Crippen LogP contribution is 2.36. The number of benzene rings is 2. The van der Waals surface area contributed by atoms with Crippen molar-refractivity contribution >= 4 is 46.4 Å². The lowest BCUT2D eigenvalue weighted by molar-refractivity contribution is 0.769. The number of anilines is 1. The molecule has 0 amide bonds. The monoisotopic (exact) mass is 339 g/mol. The van der Waals surface area contributed by atoms with Crippen molar-refractivity contribution in [1.82, 2.24) is 0 Å². The number of guanidine groups is 1. The van der Waals surface area contributed by atoms with Gasteiger partial charge < -0.3 is 10.6 Å². The van der Waals surface area contributed by atoms with Gasteiger partial charge in [0.1, 0.15) is 0 Å². The maximum absolute atomic E-state index is 6.31. The van der Waals surface area contributed by atoms with Gasteiger partial charge in [-0.3, -0.25) is 4.99 Å². The zero-order valence-corrected chi connectivity index (χ0v) is 13.2. The summed E-state index contributed by atoms with van der Waals surface area (Å²) in [6.45, 7) is 0.541. The normalized spacial score (nSPS) is 18.0. The molecule has 1 aliphatic heterocycles. The topological polar surface area (TPSA) is 41.6 Å². The minimum Gasteiger partial charge on any atom is -0.369 e. The molecule has 3 nitrogen and oxygen atoms in total. The van der Waals surface area contributed by atoms with Crippen molar-refractivity contribution in [2.45, 2.75) is 6.04 Å². The van der Waals surface area contributed by atoms with Crippen molar-refractivity contribution in [3.8, 4) is 0 Å². The highest BCUT2D eigenvalue weighted by molar-refractivity contribution is 6.35. The second-order valence-electron chi connectivity index (χ2n) is 4.73. The first kappa shape index (κ1) is 14.5. The Bertz CT molecular complexity index is 715. The molecule has 0 fully saturated rings. The first-order valence-corrected chi connectivity index (χ1v) is 7.49. The third-order valence-corrected chi connectivity index (χ3v) is 4.19. The Labute approximate surface area is 137 Å². The van der Waals surface area contributed by atoms with E-state index < -0.39 is 0 Å². The molecule has 0 saturated carbocycles. The standard InChI is InChI=1S/C15H12Cl3N3/c16-9-2-1-3-11(6-9)21-14(8-20-15(21)19)12-5-4-10(17)7-13(12)18/h1-7,14H,8H2,(H2,19,20). The Balaban J connectivity index is 2.03. The van der Waals surface area contributed by atoms with E-state index in [9.17, 15) is 0 Å². The molecule has 0 radical (unpaired) electrons. The third kappa shape index (κ3) is 2.82. The van der Waals surface area contributed by atoms with Gasteiger partial charge >= 0.3 is 0 Å². The van der Waals surface area contributed by atoms with E-state index in [4.69, 9.17) is 40.5 Å². The lowest BCUT2D eigenvalue weighted by atomic mass is 10.1. The number of nitrogens with zero attached hydrogens (tertiary/aromatic N) is 2. The highest BCUT2D eigenvalue weighted by Gasteiger charge is 2.30. The number of aliphatic imine (C=N–C) groups is 1. The molecule has 21 heavy (non-hydrogen) atoms. The van der Waals surface area contributed by atoms with Crippen LogP contribution in [0.4, 0.5) is 5.69 Å². The van der Waals surface area contributed by atoms with E-state index in [1.165, 1.54) is 0 Å². The van der Waals surface area contributed by atoms with Gasteiger partial charge in [-0.2, -0.15) is 0 Å². The van der Waals surface area contributed by atoms with Crippen LogP contribution in [0.2, 0.25) is 15.1 Å². The molecule has 6 heteroatoms. The highest BCUT2D eigenvalue weighted by atomic mass is 35.5. The fourth-order valence-corrected chi connectivity index (χ4v) is 3.16. The van der Waals surface area contributed by atoms with E-state index in [0.717, 1.165) is 11.3 Å². The minimum atomic E-state index is -0.0618. The SMILES string of the molecule is NC1=NCC(c2ccc(Cl)cc2Cl)N1c1cccc(Cl)c1. The predicted molar refractivity (Wildman–Crippen MR) is 89.6 cm³/mol. The lowest BCUT2D eigenvalue weighted by Gasteiger charge is -2.27. The summed E-state index contributed by atoms with van der Waals surface area (Å²) in [4.78, 5) is 6.26. The van der Waals surface area contributed by atoms with Crippen LogP contribution in [0.5, 0.6) is 0 Å². The Hall–Kier alpha value is -1.42. The van der Waals surface area contributed by atoms with Gasteiger partial charge in [-0.1, -0.05) is 46.9 Å². The van der Waals surface area contributed by atoms with Crippen molar-refractivity contribution in [1.29, 1.82) is 0 Å². The van der Waals surface area contributed by atoms with Crippen LogP contribution in [0.25, 0.3) is 0 Å². The quantitative estimate of drug-likeness (QED) is 0.873. The summed E-state index contributed by atoms with van der Waals surface area (Å²) in [6, 6.07) is 12.9. The average molecular weight is 341 g/mol. The first-order valence-electron chi connectivity index (χ1n) is 6.36. The van der Waals surface area contributed by atoms with Gasteiger partial charge in [-0.25, -0.2) is 0 Å². The van der Waals surface area contributed by atoms with Crippen molar-refractivity contribution in [3.63, 3.8) is 0 Å². The molecule has 2 aromatic rings. The van der Waals surface area contributed by atoms with Crippen LogP contribution in [0.3, 0.4) is 0 Å². The van der Waals surface area contributed by atoms with Crippen molar-refractivity contribution in [3.05, 3.63) is 63.1 Å². The van der Waals surface area contributed by atoms with E-state index in [1.807, 2.05) is 41.3 Å². The lowest BCUT2D eigenvalue weighted by Crippen LogP contribution is -2.36. The van der Waals surface area contributed by atoms with E-state index in [2.05, 4.69) is 4.99 Å². The van der Waals surface area contributed by atoms with Gasteiger partial charge in [0.25, 0.3) is 0 Å². The van der Waals surface area contributed by atoms with Crippen LogP contribution in [0.15, 0.2) is 47.5 Å². The van der Waals surface area contributed by atoms with Gasteiger partial charge in [0.15, 0.2) is 5.96 Å². The largest absolute Gasteiger partial charge is 0.369 e. The molecule has 1 atom stereocenters. The molecule has 0 saturated heterocycles. The second-order valence-corrected chi connectivity index (χ2v) is 6.01. The second kappa shape index (κ2) is 5.76. The van der Waals surface area contributed by atoms with Crippen molar-refractivity contribution in [2.24, 2.45) is 10.7 Å². The summed E-state index contributed by atoms with van der Waals surface area (Å²) in [5.41, 5.74) is 7.85. The number of hydrogen-bond donors (Lipinski definition) is 1. The molecule has 0 aromatic heterocycles. The number of halogens is 3. The number of hydrogen-bond acceptors (Lipinski definition) is 3. The van der Waals surface area contributed by atoms with E-state index in [-0.39, 0.29) is 6.04 Å². The molecule has 1 aliphatic rings. The Morgan fingerprint density at radius 3 is 2.52 bits per heavy atom. The molecular formula is C15H12Cl3N3. The van der Waals surface area contributed by atoms with E-state index in [0.29, 0.717) is 27.6 Å². The van der Waals surface area contributed by atoms with Crippen LogP contribution in [0.1, 0.15) is 11.6 Å². The van der Waals surface area contributed by atoms with Crippen LogP contribution >= 0.6 is 34.8 Å². The van der Waals surface area contributed by atoms with Crippen molar-refractivity contribution in [2.75, 3.05) is 11.4 Å². The van der Waals surface area contributed by atoms with Gasteiger partial charge in [-0.05, 0) is 35.9 Å². The zero-order chi connectivity index (χ0) is 15.0. The summed E-state index contributed by atoms with van der Waals surface area (Å²) in [5, 5.41) is 1.85. The Kier molecular flexibility index (Phi) is 3.98. The summed E-state index contributed by atoms with van der Waals surface area (Å²) in [5.74, 6) is 0.452. The number of nitrogens with two attached hydrogens (primary N) is 1.